The fourth-order valence-corrected chi connectivity index (χ4v) is 1.31. The highest BCUT2D eigenvalue weighted by Gasteiger charge is 2.14. The number of ether oxygens (including phenoxy) is 1. The van der Waals surface area contributed by atoms with Crippen LogP contribution in [0, 0.1) is 5.41 Å². The molecule has 0 aromatic rings. The van der Waals surface area contributed by atoms with Crippen LogP contribution in [0.2, 0.25) is 0 Å². The van der Waals surface area contributed by atoms with E-state index >= 15 is 0 Å². The van der Waals surface area contributed by atoms with Crippen molar-refractivity contribution in [3.63, 3.8) is 0 Å². The van der Waals surface area contributed by atoms with Gasteiger partial charge in [0.2, 0.25) is 0 Å². The first kappa shape index (κ1) is 17.9. The van der Waals surface area contributed by atoms with Crippen LogP contribution in [0.1, 0.15) is 40.0 Å². The number of carbonyl (C=O) groups excluding carboxylic acids is 1. The standard InChI is InChI=1S/C14H27NO4/c1-5-10-18-19-12-11-17-13(16)15-9-7-8-14(3,4)6-2/h5H,1,6-12H2,2-4H3,(H,15,16). The first-order chi connectivity index (χ1) is 9.02. The van der Waals surface area contributed by atoms with E-state index in [0.29, 0.717) is 18.6 Å². The number of hydrogen-bond donors (Lipinski definition) is 1. The molecule has 0 aliphatic heterocycles. The number of carbonyl (C=O) groups is 1. The third-order valence-electron chi connectivity index (χ3n) is 2.93. The molecule has 0 saturated heterocycles. The van der Waals surface area contributed by atoms with Crippen LogP contribution in [0.5, 0.6) is 0 Å². The van der Waals surface area contributed by atoms with Gasteiger partial charge < -0.3 is 10.1 Å². The van der Waals surface area contributed by atoms with Crippen LogP contribution in [0.25, 0.3) is 0 Å². The van der Waals surface area contributed by atoms with Crippen molar-refractivity contribution in [3.8, 4) is 0 Å². The Balaban J connectivity index is 3.37. The zero-order chi connectivity index (χ0) is 14.6. The Morgan fingerprint density at radius 2 is 2.05 bits per heavy atom. The second kappa shape index (κ2) is 10.8. The van der Waals surface area contributed by atoms with Gasteiger partial charge in [-0.3, -0.25) is 0 Å². The molecule has 0 rings (SSSR count). The Bertz CT molecular complexity index is 254. The Kier molecular flexibility index (Phi) is 10.2. The molecule has 1 N–H and O–H groups in total. The monoisotopic (exact) mass is 273 g/mol. The van der Waals surface area contributed by atoms with Crippen molar-refractivity contribution >= 4 is 6.09 Å². The Morgan fingerprint density at radius 1 is 1.32 bits per heavy atom. The fraction of sp³-hybridized carbons (Fsp3) is 0.786. The summed E-state index contributed by atoms with van der Waals surface area (Å²) < 4.78 is 4.90. The largest absolute Gasteiger partial charge is 0.447 e. The second-order valence-electron chi connectivity index (χ2n) is 5.08. The topological polar surface area (TPSA) is 56.8 Å². The molecule has 5 heteroatoms. The van der Waals surface area contributed by atoms with Crippen LogP contribution < -0.4 is 5.32 Å². The molecular weight excluding hydrogens is 246 g/mol. The van der Waals surface area contributed by atoms with Crippen LogP contribution in [-0.4, -0.2) is 32.5 Å². The molecule has 19 heavy (non-hydrogen) atoms. The van der Waals surface area contributed by atoms with Crippen molar-refractivity contribution in [3.05, 3.63) is 12.7 Å². The minimum Gasteiger partial charge on any atom is -0.447 e. The summed E-state index contributed by atoms with van der Waals surface area (Å²) >= 11 is 0. The third kappa shape index (κ3) is 11.7. The molecule has 1 amide bonds. The van der Waals surface area contributed by atoms with Crippen LogP contribution >= 0.6 is 0 Å². The molecule has 0 saturated carbocycles. The number of alkyl carbamates (subject to hydrolysis) is 1. The maximum atomic E-state index is 11.3. The number of hydrogen-bond acceptors (Lipinski definition) is 4. The van der Waals surface area contributed by atoms with Crippen LogP contribution in [0.15, 0.2) is 12.7 Å². The molecular formula is C14H27NO4. The van der Waals surface area contributed by atoms with Crippen LogP contribution in [0.4, 0.5) is 4.79 Å². The number of nitrogens with one attached hydrogen (secondary N) is 1. The molecule has 0 heterocycles. The van der Waals surface area contributed by atoms with E-state index in [1.165, 1.54) is 0 Å². The van der Waals surface area contributed by atoms with Gasteiger partial charge in [-0.2, -0.15) is 0 Å². The maximum Gasteiger partial charge on any atom is 0.407 e. The average Bonchev–Trinajstić information content (AvgIpc) is 2.39. The van der Waals surface area contributed by atoms with E-state index in [2.05, 4.69) is 37.6 Å². The molecule has 0 radical (unpaired) electrons. The average molecular weight is 273 g/mol. The maximum absolute atomic E-state index is 11.3. The molecule has 0 fully saturated rings. The predicted molar refractivity (Wildman–Crippen MR) is 74.8 cm³/mol. The van der Waals surface area contributed by atoms with Gasteiger partial charge in [-0.15, -0.1) is 6.58 Å². The summed E-state index contributed by atoms with van der Waals surface area (Å²) in [7, 11) is 0. The summed E-state index contributed by atoms with van der Waals surface area (Å²) in [5.41, 5.74) is 0.335. The Morgan fingerprint density at radius 3 is 2.68 bits per heavy atom. The predicted octanol–water partition coefficient (Wildman–Crippen LogP) is 3.06. The minimum atomic E-state index is -0.415. The lowest BCUT2D eigenvalue weighted by Gasteiger charge is -2.22. The highest BCUT2D eigenvalue weighted by molar-refractivity contribution is 5.66. The first-order valence-electron chi connectivity index (χ1n) is 6.78. The number of amides is 1. The summed E-state index contributed by atoms with van der Waals surface area (Å²) in [6, 6.07) is 0. The van der Waals surface area contributed by atoms with Crippen molar-refractivity contribution in [1.29, 1.82) is 0 Å². The highest BCUT2D eigenvalue weighted by atomic mass is 17.2. The van der Waals surface area contributed by atoms with Gasteiger partial charge in [0.1, 0.15) is 19.8 Å². The molecule has 0 aromatic heterocycles. The third-order valence-corrected chi connectivity index (χ3v) is 2.93. The van der Waals surface area contributed by atoms with Crippen LogP contribution in [-0.2, 0) is 14.5 Å². The number of rotatable bonds is 11. The molecule has 0 aliphatic rings. The van der Waals surface area contributed by atoms with Gasteiger partial charge in [0.15, 0.2) is 0 Å². The van der Waals surface area contributed by atoms with E-state index in [4.69, 9.17) is 9.62 Å². The summed E-state index contributed by atoms with van der Waals surface area (Å²) in [6.07, 6.45) is 4.34. The molecule has 0 aliphatic carbocycles. The van der Waals surface area contributed by atoms with Crippen molar-refractivity contribution in [2.24, 2.45) is 5.41 Å². The lowest BCUT2D eigenvalue weighted by molar-refractivity contribution is -0.289. The summed E-state index contributed by atoms with van der Waals surface area (Å²) in [6.45, 7) is 11.4. The smallest absolute Gasteiger partial charge is 0.407 e. The SMILES string of the molecule is C=CCOOCCOC(=O)NCCCC(C)(C)CC. The van der Waals surface area contributed by atoms with Gasteiger partial charge in [-0.05, 0) is 18.3 Å². The lowest BCUT2D eigenvalue weighted by Crippen LogP contribution is -2.27. The van der Waals surface area contributed by atoms with E-state index in [1.807, 2.05) is 0 Å². The van der Waals surface area contributed by atoms with Gasteiger partial charge in [0, 0.05) is 6.54 Å². The Hall–Kier alpha value is -1.07. The molecule has 5 nitrogen and oxygen atoms in total. The lowest BCUT2D eigenvalue weighted by atomic mass is 9.85. The minimum absolute atomic E-state index is 0.170. The van der Waals surface area contributed by atoms with Gasteiger partial charge in [0.05, 0.1) is 0 Å². The van der Waals surface area contributed by atoms with E-state index in [9.17, 15) is 4.79 Å². The zero-order valence-electron chi connectivity index (χ0n) is 12.4. The normalized spacial score (nSPS) is 11.1. The van der Waals surface area contributed by atoms with E-state index in [-0.39, 0.29) is 13.2 Å². The molecule has 0 bridgehead atoms. The zero-order valence-corrected chi connectivity index (χ0v) is 12.4. The molecule has 112 valence electrons. The fourth-order valence-electron chi connectivity index (χ4n) is 1.31. The second-order valence-corrected chi connectivity index (χ2v) is 5.08. The molecule has 0 atom stereocenters. The first-order valence-corrected chi connectivity index (χ1v) is 6.78. The highest BCUT2D eigenvalue weighted by Crippen LogP contribution is 2.25. The van der Waals surface area contributed by atoms with E-state index in [1.54, 1.807) is 6.08 Å². The molecule has 0 aromatic carbocycles. The Labute approximate surface area is 116 Å². The van der Waals surface area contributed by atoms with Crippen molar-refractivity contribution < 1.29 is 19.3 Å². The van der Waals surface area contributed by atoms with Gasteiger partial charge in [-0.1, -0.05) is 33.3 Å². The van der Waals surface area contributed by atoms with Crippen molar-refractivity contribution in [2.75, 3.05) is 26.4 Å². The van der Waals surface area contributed by atoms with E-state index < -0.39 is 6.09 Å². The van der Waals surface area contributed by atoms with Gasteiger partial charge >= 0.3 is 6.09 Å². The quantitative estimate of drug-likeness (QED) is 0.272. The van der Waals surface area contributed by atoms with Gasteiger partial charge in [-0.25, -0.2) is 14.6 Å². The molecule has 0 unspecified atom stereocenters. The van der Waals surface area contributed by atoms with Crippen molar-refractivity contribution in [1.82, 2.24) is 5.32 Å². The van der Waals surface area contributed by atoms with Crippen LogP contribution in [0.3, 0.4) is 0 Å². The summed E-state index contributed by atoms with van der Waals surface area (Å²) in [4.78, 5) is 20.7. The van der Waals surface area contributed by atoms with Gasteiger partial charge in [0.25, 0.3) is 0 Å². The van der Waals surface area contributed by atoms with Crippen molar-refractivity contribution in [2.45, 2.75) is 40.0 Å². The summed E-state index contributed by atoms with van der Waals surface area (Å²) in [5.74, 6) is 0. The van der Waals surface area contributed by atoms with E-state index in [0.717, 1.165) is 19.3 Å². The summed E-state index contributed by atoms with van der Waals surface area (Å²) in [5, 5.41) is 2.71. The molecule has 0 spiro atoms.